The summed E-state index contributed by atoms with van der Waals surface area (Å²) in [5.41, 5.74) is 9.46. The zero-order valence-electron chi connectivity index (χ0n) is 24.2. The maximum Gasteiger partial charge on any atom is 0.453 e. The predicted octanol–water partition coefficient (Wildman–Crippen LogP) is 4.46. The smallest absolute Gasteiger partial charge is 0.453 e. The summed E-state index contributed by atoms with van der Waals surface area (Å²) in [7, 11) is 1.33. The first-order chi connectivity index (χ1) is 20.5. The van der Waals surface area contributed by atoms with Gasteiger partial charge in [0.1, 0.15) is 28.9 Å². The molecule has 0 bridgehead atoms. The lowest BCUT2D eigenvalue weighted by molar-refractivity contribution is -0.283. The van der Waals surface area contributed by atoms with E-state index in [0.29, 0.717) is 23.1 Å². The molecule has 15 heteroatoms. The summed E-state index contributed by atoms with van der Waals surface area (Å²) >= 11 is 0. The molecule has 5 rings (SSSR count). The largest absolute Gasteiger partial charge is 0.469 e. The fourth-order valence-electron chi connectivity index (χ4n) is 5.55. The van der Waals surface area contributed by atoms with Crippen molar-refractivity contribution < 1.29 is 36.3 Å². The van der Waals surface area contributed by atoms with Crippen LogP contribution in [0.5, 0.6) is 0 Å². The Balaban J connectivity index is 1.43. The molecule has 0 fully saturated rings. The summed E-state index contributed by atoms with van der Waals surface area (Å²) in [5.74, 6) is -5.34. The van der Waals surface area contributed by atoms with E-state index in [-0.39, 0.29) is 29.2 Å². The number of anilines is 3. The number of rotatable bonds is 8. The van der Waals surface area contributed by atoms with Gasteiger partial charge in [0.05, 0.1) is 18.1 Å². The first-order valence-electron chi connectivity index (χ1n) is 13.6. The van der Waals surface area contributed by atoms with Gasteiger partial charge in [0, 0.05) is 24.7 Å². The molecule has 44 heavy (non-hydrogen) atoms. The van der Waals surface area contributed by atoms with Crippen LogP contribution in [0.1, 0.15) is 61.3 Å². The Hall–Kier alpha value is -4.40. The second-order valence-electron chi connectivity index (χ2n) is 11.6. The predicted molar refractivity (Wildman–Crippen MR) is 150 cm³/mol. The first kappa shape index (κ1) is 31.0. The van der Waals surface area contributed by atoms with Crippen molar-refractivity contribution in [1.29, 1.82) is 0 Å². The number of esters is 1. The Morgan fingerprint density at radius 1 is 1.11 bits per heavy atom. The third-order valence-electron chi connectivity index (χ3n) is 8.05. The van der Waals surface area contributed by atoms with Crippen LogP contribution in [-0.2, 0) is 26.2 Å². The molecule has 0 aliphatic carbocycles. The van der Waals surface area contributed by atoms with E-state index in [1.165, 1.54) is 13.3 Å². The normalized spacial score (nSPS) is 19.9. The number of halogens is 5. The van der Waals surface area contributed by atoms with Crippen LogP contribution < -0.4 is 21.5 Å². The summed E-state index contributed by atoms with van der Waals surface area (Å²) in [6.45, 7) is 4.51. The minimum atomic E-state index is -5.69. The number of hydrazine groups is 1. The van der Waals surface area contributed by atoms with Crippen molar-refractivity contribution in [2.24, 2.45) is 5.41 Å². The molecule has 2 aliphatic rings. The molecule has 4 N–H and O–H groups in total. The summed E-state index contributed by atoms with van der Waals surface area (Å²) in [6, 6.07) is 9.44. The van der Waals surface area contributed by atoms with Crippen molar-refractivity contribution in [1.82, 2.24) is 20.4 Å². The van der Waals surface area contributed by atoms with Crippen LogP contribution >= 0.6 is 0 Å². The molecule has 4 heterocycles. The number of nitrogens with one attached hydrogen (secondary N) is 2. The van der Waals surface area contributed by atoms with E-state index < -0.39 is 47.8 Å². The second-order valence-corrected chi connectivity index (χ2v) is 11.6. The number of carbonyl (C=O) groups is 2. The van der Waals surface area contributed by atoms with Gasteiger partial charge in [-0.15, -0.1) is 0 Å². The van der Waals surface area contributed by atoms with Crippen LogP contribution in [0.25, 0.3) is 0 Å². The standard InChI is InChI=1S/C29H30F5N7O3/c1-26(2,25(43)44-4)14-15-7-9-16(10-8-15)27(3)18-20(35)37-22(38-21(18)39-24(27)42)19-17-6-5-12-36-23(17)41(40-19)13-11-28(30,31)29(32,33)34/h5-10,12,19,40H,11,13-14H2,1-4H3,(H3,35,37,38,39,42). The molecule has 3 aromatic rings. The van der Waals surface area contributed by atoms with Crippen molar-refractivity contribution >= 4 is 29.3 Å². The molecule has 2 aliphatic heterocycles. The van der Waals surface area contributed by atoms with Crippen LogP contribution in [0.15, 0.2) is 42.6 Å². The monoisotopic (exact) mass is 619 g/mol. The van der Waals surface area contributed by atoms with Gasteiger partial charge < -0.3 is 15.8 Å². The highest BCUT2D eigenvalue weighted by Crippen LogP contribution is 2.46. The van der Waals surface area contributed by atoms with E-state index in [2.05, 4.69) is 25.7 Å². The summed E-state index contributed by atoms with van der Waals surface area (Å²) < 4.78 is 70.5. The molecule has 1 aromatic carbocycles. The number of carbonyl (C=O) groups excluding carboxylic acids is 2. The number of fused-ring (bicyclic) bond motifs is 2. The molecular weight excluding hydrogens is 589 g/mol. The number of aromatic nitrogens is 3. The SMILES string of the molecule is COC(=O)C(C)(C)Cc1ccc(C2(C)C(=O)Nc3nc(C4NN(CCC(F)(F)C(F)(F)F)c5ncccc54)nc(N)c32)cc1. The number of methoxy groups -OCH3 is 1. The Morgan fingerprint density at radius 2 is 1.80 bits per heavy atom. The third-order valence-corrected chi connectivity index (χ3v) is 8.05. The van der Waals surface area contributed by atoms with E-state index in [0.717, 1.165) is 10.6 Å². The van der Waals surface area contributed by atoms with Crippen LogP contribution in [0.3, 0.4) is 0 Å². The van der Waals surface area contributed by atoms with Gasteiger partial charge in [0.25, 0.3) is 0 Å². The van der Waals surface area contributed by atoms with Crippen molar-refractivity contribution in [3.63, 3.8) is 0 Å². The highest BCUT2D eigenvalue weighted by Gasteiger charge is 2.57. The first-order valence-corrected chi connectivity index (χ1v) is 13.6. The molecule has 1 amide bonds. The minimum Gasteiger partial charge on any atom is -0.469 e. The number of nitrogens with two attached hydrogens (primary N) is 1. The quantitative estimate of drug-likeness (QED) is 0.247. The van der Waals surface area contributed by atoms with Gasteiger partial charge >= 0.3 is 18.1 Å². The lowest BCUT2D eigenvalue weighted by atomic mass is 9.77. The molecular formula is C29H30F5N7O3. The number of alkyl halides is 5. The van der Waals surface area contributed by atoms with Gasteiger partial charge in [-0.1, -0.05) is 30.3 Å². The Bertz CT molecular complexity index is 1610. The van der Waals surface area contributed by atoms with Gasteiger partial charge in [-0.3, -0.25) is 14.6 Å². The van der Waals surface area contributed by atoms with E-state index in [9.17, 15) is 31.5 Å². The number of nitrogens with zero attached hydrogens (tertiary/aromatic N) is 4. The number of hydrogen-bond acceptors (Lipinski definition) is 9. The zero-order chi connectivity index (χ0) is 32.2. The van der Waals surface area contributed by atoms with E-state index in [1.54, 1.807) is 45.0 Å². The summed E-state index contributed by atoms with van der Waals surface area (Å²) in [5, 5.41) is 3.85. The third kappa shape index (κ3) is 5.18. The minimum absolute atomic E-state index is 0.0175. The van der Waals surface area contributed by atoms with Crippen LogP contribution in [0.2, 0.25) is 0 Å². The van der Waals surface area contributed by atoms with Crippen LogP contribution in [0.4, 0.5) is 39.4 Å². The fourth-order valence-corrected chi connectivity index (χ4v) is 5.55. The van der Waals surface area contributed by atoms with Crippen LogP contribution in [-0.4, -0.2) is 52.6 Å². The molecule has 0 radical (unpaired) electrons. The lowest BCUT2D eigenvalue weighted by Crippen LogP contribution is -2.43. The molecule has 2 atom stereocenters. The molecule has 2 unspecified atom stereocenters. The number of nitrogen functional groups attached to an aromatic ring is 1. The number of amides is 1. The van der Waals surface area contributed by atoms with Gasteiger partial charge in [-0.05, 0) is 44.4 Å². The molecule has 2 aromatic heterocycles. The maximum absolute atomic E-state index is 13.7. The van der Waals surface area contributed by atoms with E-state index >= 15 is 0 Å². The Kier molecular flexibility index (Phi) is 7.51. The summed E-state index contributed by atoms with van der Waals surface area (Å²) in [6.07, 6.45) is -5.42. The number of pyridine rings is 1. The van der Waals surface area contributed by atoms with Crippen LogP contribution in [0, 0.1) is 5.41 Å². The highest BCUT2D eigenvalue weighted by atomic mass is 19.4. The fraction of sp³-hybridized carbons (Fsp3) is 0.414. The number of hydrogen-bond donors (Lipinski definition) is 3. The molecule has 0 saturated heterocycles. The Morgan fingerprint density at radius 3 is 2.43 bits per heavy atom. The average Bonchev–Trinajstić information content (AvgIpc) is 3.46. The molecule has 234 valence electrons. The zero-order valence-corrected chi connectivity index (χ0v) is 24.2. The van der Waals surface area contributed by atoms with Gasteiger partial charge in [0.15, 0.2) is 5.82 Å². The number of ether oxygens (including phenoxy) is 1. The Labute approximate surface area is 249 Å². The van der Waals surface area contributed by atoms with Gasteiger partial charge in [-0.25, -0.2) is 20.4 Å². The van der Waals surface area contributed by atoms with E-state index in [1.807, 2.05) is 12.1 Å². The average molecular weight is 620 g/mol. The van der Waals surface area contributed by atoms with Gasteiger partial charge in [0.2, 0.25) is 5.91 Å². The van der Waals surface area contributed by atoms with Crippen molar-refractivity contribution in [3.8, 4) is 0 Å². The van der Waals surface area contributed by atoms with Crippen molar-refractivity contribution in [2.45, 2.75) is 57.2 Å². The van der Waals surface area contributed by atoms with Crippen molar-refractivity contribution in [2.75, 3.05) is 29.7 Å². The highest BCUT2D eigenvalue weighted by molar-refractivity contribution is 6.08. The maximum atomic E-state index is 13.7. The lowest BCUT2D eigenvalue weighted by Gasteiger charge is -2.25. The topological polar surface area (TPSA) is 135 Å². The molecule has 0 spiro atoms. The van der Waals surface area contributed by atoms with Crippen molar-refractivity contribution in [3.05, 3.63) is 70.7 Å². The second kappa shape index (κ2) is 10.6. The summed E-state index contributed by atoms with van der Waals surface area (Å²) in [4.78, 5) is 38.6. The van der Waals surface area contributed by atoms with Gasteiger partial charge in [-0.2, -0.15) is 22.0 Å². The van der Waals surface area contributed by atoms with E-state index in [4.69, 9.17) is 10.5 Å². The molecule has 10 nitrogen and oxygen atoms in total. The number of benzene rings is 1. The molecule has 0 saturated carbocycles.